The van der Waals surface area contributed by atoms with Crippen LogP contribution >= 0.6 is 11.3 Å². The normalized spacial score (nSPS) is 10.2. The third-order valence-corrected chi connectivity index (χ3v) is 3.23. The lowest BCUT2D eigenvalue weighted by Crippen LogP contribution is -2.24. The quantitative estimate of drug-likeness (QED) is 0.899. The topological polar surface area (TPSA) is 42.0 Å². The number of benzene rings is 1. The first kappa shape index (κ1) is 11.8. The van der Waals surface area contributed by atoms with E-state index < -0.39 is 0 Å². The summed E-state index contributed by atoms with van der Waals surface area (Å²) in [5.41, 5.74) is 1.03. The van der Waals surface area contributed by atoms with Gasteiger partial charge in [0.1, 0.15) is 5.01 Å². The second kappa shape index (κ2) is 5.59. The zero-order valence-electron chi connectivity index (χ0n) is 9.64. The molecular formula is C13H14N2OS. The Labute approximate surface area is 105 Å². The number of thiazole rings is 1. The lowest BCUT2D eigenvalue weighted by molar-refractivity contribution is -0.120. The van der Waals surface area contributed by atoms with Gasteiger partial charge in [0.2, 0.25) is 5.91 Å². The Morgan fingerprint density at radius 2 is 2.12 bits per heavy atom. The summed E-state index contributed by atoms with van der Waals surface area (Å²) < 4.78 is 0. The van der Waals surface area contributed by atoms with Crippen LogP contribution in [0.3, 0.4) is 0 Å². The highest BCUT2D eigenvalue weighted by Crippen LogP contribution is 2.10. The third kappa shape index (κ3) is 3.67. The zero-order chi connectivity index (χ0) is 12.1. The van der Waals surface area contributed by atoms with Gasteiger partial charge in [0.05, 0.1) is 13.0 Å². The van der Waals surface area contributed by atoms with E-state index in [1.807, 2.05) is 43.5 Å². The van der Waals surface area contributed by atoms with Crippen molar-refractivity contribution < 1.29 is 4.79 Å². The van der Waals surface area contributed by atoms with Gasteiger partial charge in [-0.15, -0.1) is 11.3 Å². The van der Waals surface area contributed by atoms with Crippen molar-refractivity contribution in [1.82, 2.24) is 10.3 Å². The van der Waals surface area contributed by atoms with Crippen molar-refractivity contribution in [3.8, 4) is 0 Å². The fourth-order valence-electron chi connectivity index (χ4n) is 1.50. The Kier molecular flexibility index (Phi) is 3.88. The summed E-state index contributed by atoms with van der Waals surface area (Å²) in [6.07, 6.45) is 2.24. The lowest BCUT2D eigenvalue weighted by atomic mass is 10.1. The molecule has 2 aromatic rings. The molecular weight excluding hydrogens is 232 g/mol. The fraction of sp³-hybridized carbons (Fsp3) is 0.231. The molecule has 0 saturated carbocycles. The van der Waals surface area contributed by atoms with E-state index in [9.17, 15) is 4.79 Å². The third-order valence-electron chi connectivity index (χ3n) is 2.31. The molecule has 0 atom stereocenters. The molecule has 3 nitrogen and oxygen atoms in total. The maximum Gasteiger partial charge on any atom is 0.224 e. The van der Waals surface area contributed by atoms with E-state index >= 15 is 0 Å². The number of nitrogens with zero attached hydrogens (tertiary/aromatic N) is 1. The molecule has 0 aliphatic heterocycles. The van der Waals surface area contributed by atoms with Crippen LogP contribution in [0.25, 0.3) is 0 Å². The highest BCUT2D eigenvalue weighted by Gasteiger charge is 2.04. The SMILES string of the molecule is Cc1cnc(CNC(=O)Cc2ccccc2)s1. The molecule has 0 bridgehead atoms. The van der Waals surface area contributed by atoms with Crippen LogP contribution in [0.2, 0.25) is 0 Å². The maximum atomic E-state index is 11.7. The molecule has 2 rings (SSSR count). The van der Waals surface area contributed by atoms with E-state index in [0.29, 0.717) is 13.0 Å². The monoisotopic (exact) mass is 246 g/mol. The van der Waals surface area contributed by atoms with Crippen LogP contribution < -0.4 is 5.32 Å². The van der Waals surface area contributed by atoms with Crippen LogP contribution in [0.4, 0.5) is 0 Å². The van der Waals surface area contributed by atoms with E-state index in [0.717, 1.165) is 15.4 Å². The second-order valence-electron chi connectivity index (χ2n) is 3.80. The Hall–Kier alpha value is -1.68. The van der Waals surface area contributed by atoms with E-state index in [-0.39, 0.29) is 5.91 Å². The minimum absolute atomic E-state index is 0.0315. The lowest BCUT2D eigenvalue weighted by Gasteiger charge is -2.02. The van der Waals surface area contributed by atoms with Crippen molar-refractivity contribution >= 4 is 17.2 Å². The number of hydrogen-bond acceptors (Lipinski definition) is 3. The summed E-state index contributed by atoms with van der Waals surface area (Å²) in [4.78, 5) is 17.0. The number of amides is 1. The summed E-state index contributed by atoms with van der Waals surface area (Å²) in [5.74, 6) is 0.0315. The predicted octanol–water partition coefficient (Wildman–Crippen LogP) is 2.31. The first-order valence-electron chi connectivity index (χ1n) is 5.46. The van der Waals surface area contributed by atoms with Crippen molar-refractivity contribution in [3.63, 3.8) is 0 Å². The van der Waals surface area contributed by atoms with Gasteiger partial charge in [-0.2, -0.15) is 0 Å². The predicted molar refractivity (Wildman–Crippen MR) is 68.8 cm³/mol. The van der Waals surface area contributed by atoms with E-state index in [2.05, 4.69) is 10.3 Å². The molecule has 0 aliphatic carbocycles. The van der Waals surface area contributed by atoms with Crippen molar-refractivity contribution in [2.45, 2.75) is 19.9 Å². The molecule has 1 heterocycles. The van der Waals surface area contributed by atoms with E-state index in [1.165, 1.54) is 0 Å². The highest BCUT2D eigenvalue weighted by atomic mass is 32.1. The molecule has 17 heavy (non-hydrogen) atoms. The molecule has 1 amide bonds. The number of hydrogen-bond donors (Lipinski definition) is 1. The average Bonchev–Trinajstić information content (AvgIpc) is 2.74. The molecule has 0 fully saturated rings. The summed E-state index contributed by atoms with van der Waals surface area (Å²) >= 11 is 1.61. The molecule has 0 spiro atoms. The minimum atomic E-state index is 0.0315. The number of rotatable bonds is 4. The Balaban J connectivity index is 1.82. The van der Waals surface area contributed by atoms with Gasteiger partial charge in [-0.25, -0.2) is 4.98 Å². The molecule has 0 radical (unpaired) electrons. The van der Waals surface area contributed by atoms with Gasteiger partial charge in [-0.05, 0) is 12.5 Å². The van der Waals surface area contributed by atoms with Crippen LogP contribution in [0.1, 0.15) is 15.4 Å². The zero-order valence-corrected chi connectivity index (χ0v) is 10.5. The smallest absolute Gasteiger partial charge is 0.224 e. The number of aryl methyl sites for hydroxylation is 1. The van der Waals surface area contributed by atoms with E-state index in [4.69, 9.17) is 0 Å². The molecule has 0 saturated heterocycles. The minimum Gasteiger partial charge on any atom is -0.349 e. The Morgan fingerprint density at radius 3 is 2.76 bits per heavy atom. The highest BCUT2D eigenvalue weighted by molar-refractivity contribution is 7.11. The molecule has 1 aromatic heterocycles. The van der Waals surface area contributed by atoms with Crippen LogP contribution in [0, 0.1) is 6.92 Å². The van der Waals surface area contributed by atoms with E-state index in [1.54, 1.807) is 11.3 Å². The first-order chi connectivity index (χ1) is 8.24. The standard InChI is InChI=1S/C13H14N2OS/c1-10-8-15-13(17-10)9-14-12(16)7-11-5-3-2-4-6-11/h2-6,8H,7,9H2,1H3,(H,14,16). The largest absolute Gasteiger partial charge is 0.349 e. The van der Waals surface area contributed by atoms with Gasteiger partial charge in [-0.3, -0.25) is 4.79 Å². The molecule has 88 valence electrons. The summed E-state index contributed by atoms with van der Waals surface area (Å²) in [5, 5.41) is 3.82. The summed E-state index contributed by atoms with van der Waals surface area (Å²) in [7, 11) is 0. The van der Waals surface area contributed by atoms with Gasteiger partial charge in [-0.1, -0.05) is 30.3 Å². The molecule has 0 aliphatic rings. The van der Waals surface area contributed by atoms with Crippen LogP contribution in [0.5, 0.6) is 0 Å². The number of carbonyl (C=O) groups is 1. The first-order valence-corrected chi connectivity index (χ1v) is 6.27. The van der Waals surface area contributed by atoms with Gasteiger partial charge >= 0.3 is 0 Å². The average molecular weight is 246 g/mol. The Bertz CT molecular complexity index is 493. The van der Waals surface area contributed by atoms with Crippen molar-refractivity contribution in [3.05, 3.63) is 52.0 Å². The second-order valence-corrected chi connectivity index (χ2v) is 5.12. The van der Waals surface area contributed by atoms with Gasteiger partial charge in [0.15, 0.2) is 0 Å². The van der Waals surface area contributed by atoms with Crippen LogP contribution in [-0.4, -0.2) is 10.9 Å². The van der Waals surface area contributed by atoms with Crippen LogP contribution in [-0.2, 0) is 17.8 Å². The number of carbonyl (C=O) groups excluding carboxylic acids is 1. The van der Waals surface area contributed by atoms with Crippen molar-refractivity contribution in [2.75, 3.05) is 0 Å². The van der Waals surface area contributed by atoms with Crippen LogP contribution in [0.15, 0.2) is 36.5 Å². The number of aromatic nitrogens is 1. The van der Waals surface area contributed by atoms with Crippen molar-refractivity contribution in [2.24, 2.45) is 0 Å². The maximum absolute atomic E-state index is 11.7. The van der Waals surface area contributed by atoms with Crippen molar-refractivity contribution in [1.29, 1.82) is 0 Å². The molecule has 1 aromatic carbocycles. The van der Waals surface area contributed by atoms with Gasteiger partial charge in [0.25, 0.3) is 0 Å². The fourth-order valence-corrected chi connectivity index (χ4v) is 2.23. The van der Waals surface area contributed by atoms with Gasteiger partial charge in [0, 0.05) is 11.1 Å². The molecule has 0 unspecified atom stereocenters. The Morgan fingerprint density at radius 1 is 1.35 bits per heavy atom. The summed E-state index contributed by atoms with van der Waals surface area (Å²) in [6.45, 7) is 2.52. The molecule has 4 heteroatoms. The van der Waals surface area contributed by atoms with Gasteiger partial charge < -0.3 is 5.32 Å². The molecule has 1 N–H and O–H groups in total. The number of nitrogens with one attached hydrogen (secondary N) is 1. The summed E-state index contributed by atoms with van der Waals surface area (Å²) in [6, 6.07) is 9.72.